The predicted molar refractivity (Wildman–Crippen MR) is 68.4 cm³/mol. The van der Waals surface area contributed by atoms with Crippen LogP contribution in [0.2, 0.25) is 0.0125 Å². The minimum Gasteiger partial charge on any atom is -0.481 e. The maximum atomic E-state index is 9.43. The predicted octanol–water partition coefficient (Wildman–Crippen LogP) is 2.87. The Morgan fingerprint density at radius 3 is 1.82 bits per heavy atom. The summed E-state index contributed by atoms with van der Waals surface area (Å²) in [5, 5.41) is 15.4. The first-order valence-corrected chi connectivity index (χ1v) is 8.14. The van der Waals surface area contributed by atoms with E-state index in [1.165, 1.54) is 38.5 Å². The Morgan fingerprint density at radius 2 is 1.53 bits per heavy atom. The fraction of sp³-hybridized carbons (Fsp3) is 0.833. The van der Waals surface area contributed by atoms with Crippen molar-refractivity contribution < 1.29 is 19.8 Å². The van der Waals surface area contributed by atoms with E-state index in [2.05, 4.69) is 13.8 Å². The molecule has 5 heteroatoms. The second-order valence-corrected chi connectivity index (χ2v) is 7.64. The molecular formula is C12H23KO4. The first-order valence-electron chi connectivity index (χ1n) is 6.33. The van der Waals surface area contributed by atoms with E-state index < -0.39 is 18.4 Å². The van der Waals surface area contributed by atoms with Gasteiger partial charge in [0, 0.05) is 0 Å². The second kappa shape index (κ2) is 14.6. The zero-order chi connectivity index (χ0) is 13.7. The number of carboxylic acids is 2. The van der Waals surface area contributed by atoms with Crippen LogP contribution in [0.3, 0.4) is 0 Å². The fourth-order valence-corrected chi connectivity index (χ4v) is 1.92. The summed E-state index contributed by atoms with van der Waals surface area (Å²) < 4.78 is 1.09. The molecule has 0 aromatic heterocycles. The summed E-state index contributed by atoms with van der Waals surface area (Å²) in [7, 11) is 0. The van der Waals surface area contributed by atoms with Crippen molar-refractivity contribution in [2.75, 3.05) is 0 Å². The quantitative estimate of drug-likeness (QED) is 0.404. The van der Waals surface area contributed by atoms with Crippen LogP contribution < -0.4 is 0 Å². The number of carboxylic acid groups (broad SMARTS) is 2. The number of hydrogen-bond acceptors (Lipinski definition) is 2. The first kappa shape index (κ1) is 19.9. The van der Waals surface area contributed by atoms with Crippen LogP contribution in [0.25, 0.3) is 0 Å². The number of rotatable bonds is 8. The summed E-state index contributed by atoms with van der Waals surface area (Å²) in [6.45, 7) is 4.66. The molecule has 0 bridgehead atoms. The molecule has 0 aromatic rings. The normalized spacial score (nSPS) is 11.3. The molecule has 4 nitrogen and oxygen atoms in total. The molecule has 17 heavy (non-hydrogen) atoms. The summed E-state index contributed by atoms with van der Waals surface area (Å²) in [5.74, 6) is -2.62. The van der Waals surface area contributed by atoms with E-state index >= 15 is 0 Å². The average Bonchev–Trinajstić information content (AvgIpc) is 2.15. The maximum absolute atomic E-state index is 9.43. The van der Waals surface area contributed by atoms with Gasteiger partial charge in [-0.15, -0.1) is 0 Å². The summed E-state index contributed by atoms with van der Waals surface area (Å²) in [6.07, 6.45) is 7.95. The minimum atomic E-state index is -1.31. The molecule has 1 atom stereocenters. The summed E-state index contributed by atoms with van der Waals surface area (Å²) in [5.41, 5.74) is 0. The Morgan fingerprint density at radius 1 is 1.06 bits per heavy atom. The Bertz CT molecular complexity index is 193. The van der Waals surface area contributed by atoms with Gasteiger partial charge in [-0.05, 0) is 0 Å². The monoisotopic (exact) mass is 270 g/mol. The molecule has 1 unspecified atom stereocenters. The van der Waals surface area contributed by atoms with Gasteiger partial charge in [-0.3, -0.25) is 9.59 Å². The van der Waals surface area contributed by atoms with Crippen LogP contribution in [-0.4, -0.2) is 71.1 Å². The van der Waals surface area contributed by atoms with Crippen LogP contribution in [0.1, 0.15) is 58.8 Å². The Balaban J connectivity index is 0. The van der Waals surface area contributed by atoms with Crippen molar-refractivity contribution in [1.82, 2.24) is 0 Å². The first-order chi connectivity index (χ1) is 7.90. The molecule has 0 aliphatic rings. The van der Waals surface area contributed by atoms with E-state index in [4.69, 9.17) is 10.2 Å². The molecule has 0 saturated carbocycles. The molecule has 2 N–H and O–H groups in total. The summed E-state index contributed by atoms with van der Waals surface area (Å²) >= 11 is 1.07. The maximum Gasteiger partial charge on any atom is 0.314 e. The van der Waals surface area contributed by atoms with Crippen LogP contribution >= 0.6 is 0 Å². The molecule has 0 amide bonds. The van der Waals surface area contributed by atoms with E-state index in [1.54, 1.807) is 0 Å². The zero-order valence-corrected chi connectivity index (χ0v) is 14.4. The largest absolute Gasteiger partial charge is 0.481 e. The van der Waals surface area contributed by atoms with Gasteiger partial charge in [-0.2, -0.15) is 0 Å². The Hall–Kier alpha value is 0.576. The van der Waals surface area contributed by atoms with Crippen molar-refractivity contribution in [3.8, 4) is 0 Å². The van der Waals surface area contributed by atoms with Gasteiger partial charge in [0.15, 0.2) is 0 Å². The van der Waals surface area contributed by atoms with E-state index in [-0.39, 0.29) is 0 Å². The van der Waals surface area contributed by atoms with Crippen molar-refractivity contribution in [2.45, 2.75) is 58.8 Å². The van der Waals surface area contributed by atoms with Gasteiger partial charge in [0.1, 0.15) is 6.42 Å². The number of hydrogen-bond donors (Lipinski definition) is 2. The Labute approximate surface area is 138 Å². The fourth-order valence-electron chi connectivity index (χ4n) is 1.29. The van der Waals surface area contributed by atoms with Crippen molar-refractivity contribution in [3.05, 3.63) is 0 Å². The SMILES string of the molecule is CCCCCCC[CH](C)[K].O=C(O)CC(=O)O. The molecule has 0 aliphatic carbocycles. The standard InChI is InChI=1S/C9H19.C3H4O4.K/c1-3-5-7-9-8-6-4-2;4-2(5)1-3(6)7;/h3H,4-9H2,1-2H3;1H2,(H,4,5)(H,6,7);. The van der Waals surface area contributed by atoms with Gasteiger partial charge in [-0.1, -0.05) is 0 Å². The van der Waals surface area contributed by atoms with Crippen molar-refractivity contribution >= 4 is 60.9 Å². The number of aliphatic carboxylic acids is 2. The second-order valence-electron chi connectivity index (χ2n) is 4.56. The van der Waals surface area contributed by atoms with Crippen LogP contribution in [0, 0.1) is 0 Å². The van der Waals surface area contributed by atoms with Crippen LogP contribution in [0.5, 0.6) is 0 Å². The van der Waals surface area contributed by atoms with Crippen LogP contribution in [0.4, 0.5) is 0 Å². The molecule has 0 spiro atoms. The number of unbranched alkanes of at least 4 members (excludes halogenated alkanes) is 4. The van der Waals surface area contributed by atoms with Crippen molar-refractivity contribution in [3.63, 3.8) is 0 Å². The third-order valence-electron chi connectivity index (χ3n) is 2.19. The molecule has 0 aliphatic heterocycles. The third-order valence-corrected chi connectivity index (χ3v) is 3.09. The van der Waals surface area contributed by atoms with E-state index in [9.17, 15) is 9.59 Å². The van der Waals surface area contributed by atoms with Crippen LogP contribution in [-0.2, 0) is 9.59 Å². The van der Waals surface area contributed by atoms with E-state index in [0.717, 1.165) is 49.0 Å². The molecule has 96 valence electrons. The van der Waals surface area contributed by atoms with Crippen LogP contribution in [0.15, 0.2) is 0 Å². The summed E-state index contributed by atoms with van der Waals surface area (Å²) in [4.78, 5) is 18.9. The molecule has 0 saturated heterocycles. The number of carbonyl (C=O) groups is 2. The van der Waals surface area contributed by atoms with Crippen molar-refractivity contribution in [2.24, 2.45) is 0 Å². The molecule has 0 aromatic carbocycles. The minimum absolute atomic E-state index is 0.806. The van der Waals surface area contributed by atoms with E-state index in [1.807, 2.05) is 0 Å². The topological polar surface area (TPSA) is 74.6 Å². The van der Waals surface area contributed by atoms with Gasteiger partial charge in [-0.25, -0.2) is 0 Å². The van der Waals surface area contributed by atoms with Gasteiger partial charge >= 0.3 is 113 Å². The molecule has 0 heterocycles. The summed E-state index contributed by atoms with van der Waals surface area (Å²) in [6, 6.07) is 0. The van der Waals surface area contributed by atoms with Gasteiger partial charge in [0.2, 0.25) is 0 Å². The van der Waals surface area contributed by atoms with Crippen molar-refractivity contribution in [1.29, 1.82) is 0 Å². The van der Waals surface area contributed by atoms with Gasteiger partial charge in [0.05, 0.1) is 0 Å². The van der Waals surface area contributed by atoms with E-state index in [0.29, 0.717) is 0 Å². The average molecular weight is 270 g/mol. The molecular weight excluding hydrogens is 247 g/mol. The third kappa shape index (κ3) is 26.3. The van der Waals surface area contributed by atoms with Gasteiger partial charge in [0.25, 0.3) is 0 Å². The smallest absolute Gasteiger partial charge is 0.314 e. The molecule has 0 rings (SSSR count). The van der Waals surface area contributed by atoms with Gasteiger partial charge < -0.3 is 10.2 Å². The zero-order valence-electron chi connectivity index (χ0n) is 11.2. The molecule has 0 fully saturated rings. The Kier molecular flexibility index (Phi) is 17.1. The molecule has 0 radical (unpaired) electrons.